The van der Waals surface area contributed by atoms with Gasteiger partial charge < -0.3 is 49.6 Å². The van der Waals surface area contributed by atoms with Crippen LogP contribution >= 0.6 is 0 Å². The van der Waals surface area contributed by atoms with Crippen LogP contribution in [-0.2, 0) is 0 Å². The topological polar surface area (TPSA) is 276 Å². The van der Waals surface area contributed by atoms with E-state index in [9.17, 15) is 0 Å². The van der Waals surface area contributed by atoms with Crippen molar-refractivity contribution in [1.29, 1.82) is 0 Å². The van der Waals surface area contributed by atoms with Crippen molar-refractivity contribution >= 4 is 35.1 Å². The minimum absolute atomic E-state index is 0.0806. The summed E-state index contributed by atoms with van der Waals surface area (Å²) in [5, 5.41) is 0. The van der Waals surface area contributed by atoms with Crippen LogP contribution < -0.4 is 49.6 Å². The monoisotopic (exact) mass is 497 g/mol. The van der Waals surface area contributed by atoms with Crippen LogP contribution in [0, 0.1) is 0 Å². The Balaban J connectivity index is 1.85. The SMILES string of the molecule is CC(N)=Nc1ccc(O[C@H]2C[C@@H](Oc3ccc(N=C(N)N)cn3)[C@H](N=C(N)N)C[C@@H]2N=C(N)N)nc1. The molecule has 15 heteroatoms. The van der Waals surface area contributed by atoms with Gasteiger partial charge in [0, 0.05) is 18.6 Å². The van der Waals surface area contributed by atoms with E-state index in [1.165, 1.54) is 6.20 Å². The molecule has 0 radical (unpaired) electrons. The summed E-state index contributed by atoms with van der Waals surface area (Å²) in [7, 11) is 0. The Labute approximate surface area is 207 Å². The van der Waals surface area contributed by atoms with Crippen molar-refractivity contribution in [2.45, 2.75) is 44.1 Å². The number of ether oxygens (including phenoxy) is 2. The quantitative estimate of drug-likeness (QED) is 0.165. The Morgan fingerprint density at radius 2 is 1.17 bits per heavy atom. The van der Waals surface area contributed by atoms with Gasteiger partial charge in [0.15, 0.2) is 17.9 Å². The van der Waals surface area contributed by atoms with Gasteiger partial charge in [0.1, 0.15) is 12.2 Å². The molecule has 0 amide bonds. The molecule has 0 unspecified atom stereocenters. The number of aromatic nitrogens is 2. The highest BCUT2D eigenvalue weighted by Gasteiger charge is 2.40. The first kappa shape index (κ1) is 25.8. The van der Waals surface area contributed by atoms with Gasteiger partial charge in [-0.2, -0.15) is 0 Å². The normalized spacial score (nSPS) is 21.6. The van der Waals surface area contributed by atoms with Crippen LogP contribution in [0.1, 0.15) is 19.8 Å². The summed E-state index contributed by atoms with van der Waals surface area (Å²) in [6.45, 7) is 1.68. The lowest BCUT2D eigenvalue weighted by Gasteiger charge is -2.37. The summed E-state index contributed by atoms with van der Waals surface area (Å²) in [6, 6.07) is 5.76. The fourth-order valence-corrected chi connectivity index (χ4v) is 3.68. The maximum Gasteiger partial charge on any atom is 0.213 e. The highest BCUT2D eigenvalue weighted by molar-refractivity contribution is 5.80. The number of hydrogen-bond donors (Lipinski definition) is 7. The van der Waals surface area contributed by atoms with Gasteiger partial charge in [-0.05, 0) is 25.5 Å². The van der Waals surface area contributed by atoms with Crippen molar-refractivity contribution in [3.8, 4) is 11.8 Å². The number of amidine groups is 1. The zero-order valence-electron chi connectivity index (χ0n) is 19.7. The van der Waals surface area contributed by atoms with Gasteiger partial charge in [0.2, 0.25) is 11.8 Å². The molecule has 0 spiro atoms. The number of aliphatic imine (C=N–C) groups is 4. The second kappa shape index (κ2) is 11.5. The van der Waals surface area contributed by atoms with Crippen molar-refractivity contribution in [2.75, 3.05) is 0 Å². The Hall–Kier alpha value is -4.82. The minimum atomic E-state index is -0.521. The number of rotatable bonds is 8. The average molecular weight is 498 g/mol. The Bertz CT molecular complexity index is 1040. The zero-order chi connectivity index (χ0) is 26.2. The van der Waals surface area contributed by atoms with Crippen molar-refractivity contribution in [2.24, 2.45) is 60.1 Å². The summed E-state index contributed by atoms with van der Waals surface area (Å²) >= 11 is 0. The first-order valence-electron chi connectivity index (χ1n) is 10.9. The number of pyridine rings is 2. The molecule has 2 aromatic rings. The summed E-state index contributed by atoms with van der Waals surface area (Å²) in [4.78, 5) is 25.3. The van der Waals surface area contributed by atoms with E-state index in [2.05, 4.69) is 29.9 Å². The fraction of sp³-hybridized carbons (Fsp3) is 0.333. The summed E-state index contributed by atoms with van der Waals surface area (Å²) < 4.78 is 12.3. The van der Waals surface area contributed by atoms with Crippen LogP contribution in [0.4, 0.5) is 11.4 Å². The zero-order valence-corrected chi connectivity index (χ0v) is 19.7. The Kier molecular flexibility index (Phi) is 8.27. The number of nitrogens with zero attached hydrogens (tertiary/aromatic N) is 6. The van der Waals surface area contributed by atoms with E-state index in [0.717, 1.165) is 0 Å². The third kappa shape index (κ3) is 7.61. The molecular weight excluding hydrogens is 466 g/mol. The Morgan fingerprint density at radius 1 is 0.694 bits per heavy atom. The van der Waals surface area contributed by atoms with E-state index >= 15 is 0 Å². The molecule has 0 aromatic carbocycles. The van der Waals surface area contributed by atoms with Crippen LogP contribution in [0.2, 0.25) is 0 Å². The molecule has 2 heterocycles. The molecule has 15 nitrogen and oxygen atoms in total. The minimum Gasteiger partial charge on any atom is -0.472 e. The molecule has 1 saturated carbocycles. The first-order valence-corrected chi connectivity index (χ1v) is 10.9. The second-order valence-electron chi connectivity index (χ2n) is 8.03. The van der Waals surface area contributed by atoms with E-state index in [1.807, 2.05) is 0 Å². The average Bonchev–Trinajstić information content (AvgIpc) is 2.77. The fourth-order valence-electron chi connectivity index (χ4n) is 3.68. The molecular formula is C21H31N13O2. The number of hydrogen-bond acceptors (Lipinski definition) is 8. The maximum atomic E-state index is 6.15. The van der Waals surface area contributed by atoms with Gasteiger partial charge in [-0.1, -0.05) is 0 Å². The second-order valence-corrected chi connectivity index (χ2v) is 8.03. The molecule has 3 rings (SSSR count). The predicted octanol–water partition coefficient (Wildman–Crippen LogP) is -1.34. The number of guanidine groups is 3. The van der Waals surface area contributed by atoms with E-state index in [-0.39, 0.29) is 17.9 Å². The molecule has 0 saturated heterocycles. The molecule has 0 aliphatic heterocycles. The lowest BCUT2D eigenvalue weighted by atomic mass is 9.86. The first-order chi connectivity index (χ1) is 17.1. The smallest absolute Gasteiger partial charge is 0.213 e. The lowest BCUT2D eigenvalue weighted by molar-refractivity contribution is 0.0372. The van der Waals surface area contributed by atoms with E-state index in [1.54, 1.807) is 37.4 Å². The molecule has 2 aromatic heterocycles. The third-order valence-electron chi connectivity index (χ3n) is 4.99. The van der Waals surface area contributed by atoms with Crippen molar-refractivity contribution < 1.29 is 9.47 Å². The molecule has 1 fully saturated rings. The largest absolute Gasteiger partial charge is 0.472 e. The summed E-state index contributed by atoms with van der Waals surface area (Å²) in [6.07, 6.45) is 2.65. The molecule has 0 bridgehead atoms. The van der Waals surface area contributed by atoms with Crippen LogP contribution in [0.15, 0.2) is 56.6 Å². The third-order valence-corrected chi connectivity index (χ3v) is 4.99. The van der Waals surface area contributed by atoms with Crippen LogP contribution in [-0.4, -0.2) is 58.0 Å². The molecule has 192 valence electrons. The van der Waals surface area contributed by atoms with Gasteiger partial charge >= 0.3 is 0 Å². The molecule has 1 aliphatic rings. The van der Waals surface area contributed by atoms with E-state index in [4.69, 9.17) is 49.6 Å². The maximum absolute atomic E-state index is 6.15. The summed E-state index contributed by atoms with van der Waals surface area (Å²) in [5.74, 6) is 0.814. The van der Waals surface area contributed by atoms with E-state index < -0.39 is 24.3 Å². The van der Waals surface area contributed by atoms with Gasteiger partial charge in [0.25, 0.3) is 0 Å². The predicted molar refractivity (Wildman–Crippen MR) is 138 cm³/mol. The lowest BCUT2D eigenvalue weighted by Crippen LogP contribution is -2.50. The number of nitrogens with two attached hydrogens (primary N) is 7. The van der Waals surface area contributed by atoms with Crippen LogP contribution in [0.25, 0.3) is 0 Å². The van der Waals surface area contributed by atoms with Gasteiger partial charge in [-0.25, -0.2) is 29.9 Å². The van der Waals surface area contributed by atoms with Crippen molar-refractivity contribution in [1.82, 2.24) is 9.97 Å². The Morgan fingerprint density at radius 3 is 1.53 bits per heavy atom. The van der Waals surface area contributed by atoms with Crippen molar-refractivity contribution in [3.63, 3.8) is 0 Å². The standard InChI is InChI=1S/C21H31N13O2/c1-10(22)31-11-2-4-17(29-8-11)35-15-7-16(14(34-21(27)28)6-13(15)33-20(25)26)36-18-5-3-12(9-30-18)32-19(23)24/h2-5,8-9,13-16H,6-7H2,1H3,(H2,22,31)(H4,23,24,32)(H4,25,26,33)(H4,27,28,34)/t13-,14+,15-,16+/m0/s1. The molecule has 14 N–H and O–H groups in total. The van der Waals surface area contributed by atoms with Crippen molar-refractivity contribution in [3.05, 3.63) is 36.7 Å². The van der Waals surface area contributed by atoms with Gasteiger partial charge in [0.05, 0.1) is 41.7 Å². The highest BCUT2D eigenvalue weighted by Crippen LogP contribution is 2.31. The van der Waals surface area contributed by atoms with E-state index in [0.29, 0.717) is 41.8 Å². The molecule has 4 atom stereocenters. The highest BCUT2D eigenvalue weighted by atomic mass is 16.5. The molecule has 36 heavy (non-hydrogen) atoms. The van der Waals surface area contributed by atoms with Crippen LogP contribution in [0.3, 0.4) is 0 Å². The van der Waals surface area contributed by atoms with Crippen LogP contribution in [0.5, 0.6) is 11.8 Å². The molecule has 1 aliphatic carbocycles. The summed E-state index contributed by atoms with van der Waals surface area (Å²) in [5.41, 5.74) is 40.2. The van der Waals surface area contributed by atoms with Gasteiger partial charge in [-0.3, -0.25) is 0 Å². The van der Waals surface area contributed by atoms with Gasteiger partial charge in [-0.15, -0.1) is 0 Å².